The SMILES string of the molecule is CC(C)CN(CC(=O)O)C(=O)c1cccc(Cl)c1. The molecule has 98 valence electrons. The fourth-order valence-corrected chi connectivity index (χ4v) is 1.82. The zero-order chi connectivity index (χ0) is 13.7. The lowest BCUT2D eigenvalue weighted by molar-refractivity contribution is -0.137. The van der Waals surface area contributed by atoms with Crippen molar-refractivity contribution in [3.05, 3.63) is 34.9 Å². The molecule has 0 radical (unpaired) electrons. The molecule has 0 aromatic heterocycles. The quantitative estimate of drug-likeness (QED) is 0.894. The van der Waals surface area contributed by atoms with Crippen molar-refractivity contribution in [2.24, 2.45) is 5.92 Å². The van der Waals surface area contributed by atoms with Crippen molar-refractivity contribution < 1.29 is 14.7 Å². The summed E-state index contributed by atoms with van der Waals surface area (Å²) in [6, 6.07) is 6.51. The van der Waals surface area contributed by atoms with Gasteiger partial charge in [-0.1, -0.05) is 31.5 Å². The summed E-state index contributed by atoms with van der Waals surface area (Å²) < 4.78 is 0. The Morgan fingerprint density at radius 2 is 2.06 bits per heavy atom. The fraction of sp³-hybridized carbons (Fsp3) is 0.385. The van der Waals surface area contributed by atoms with Crippen LogP contribution in [0, 0.1) is 5.92 Å². The smallest absolute Gasteiger partial charge is 0.323 e. The third-order valence-electron chi connectivity index (χ3n) is 2.27. The number of rotatable bonds is 5. The van der Waals surface area contributed by atoms with Crippen LogP contribution in [0.2, 0.25) is 5.02 Å². The highest BCUT2D eigenvalue weighted by atomic mass is 35.5. The molecule has 4 nitrogen and oxygen atoms in total. The minimum absolute atomic E-state index is 0.201. The van der Waals surface area contributed by atoms with Crippen molar-refractivity contribution in [3.8, 4) is 0 Å². The number of hydrogen-bond donors (Lipinski definition) is 1. The maximum absolute atomic E-state index is 12.2. The van der Waals surface area contributed by atoms with E-state index in [-0.39, 0.29) is 18.4 Å². The molecule has 0 bridgehead atoms. The molecule has 0 spiro atoms. The van der Waals surface area contributed by atoms with Gasteiger partial charge < -0.3 is 10.0 Å². The maximum Gasteiger partial charge on any atom is 0.323 e. The van der Waals surface area contributed by atoms with Gasteiger partial charge in [-0.15, -0.1) is 0 Å². The van der Waals surface area contributed by atoms with Gasteiger partial charge in [0.15, 0.2) is 0 Å². The van der Waals surface area contributed by atoms with Gasteiger partial charge in [-0.25, -0.2) is 0 Å². The van der Waals surface area contributed by atoms with E-state index in [1.54, 1.807) is 24.3 Å². The van der Waals surface area contributed by atoms with E-state index in [0.717, 1.165) is 0 Å². The molecule has 1 amide bonds. The first-order chi connectivity index (χ1) is 8.40. The van der Waals surface area contributed by atoms with E-state index < -0.39 is 5.97 Å². The number of amides is 1. The Kier molecular flexibility index (Phi) is 5.16. The van der Waals surface area contributed by atoms with E-state index in [0.29, 0.717) is 17.1 Å². The first-order valence-corrected chi connectivity index (χ1v) is 6.04. The summed E-state index contributed by atoms with van der Waals surface area (Å²) in [5.74, 6) is -1.13. The van der Waals surface area contributed by atoms with Crippen LogP contribution >= 0.6 is 11.6 Å². The Morgan fingerprint density at radius 3 is 2.56 bits per heavy atom. The number of halogens is 1. The predicted molar refractivity (Wildman–Crippen MR) is 69.8 cm³/mol. The number of carboxylic acid groups (broad SMARTS) is 1. The Labute approximate surface area is 111 Å². The first-order valence-electron chi connectivity index (χ1n) is 5.66. The molecule has 0 atom stereocenters. The summed E-state index contributed by atoms with van der Waals surface area (Å²) in [6.45, 7) is 3.96. The van der Waals surface area contributed by atoms with Crippen LogP contribution in [0.15, 0.2) is 24.3 Å². The largest absolute Gasteiger partial charge is 0.480 e. The number of carboxylic acids is 1. The number of hydrogen-bond acceptors (Lipinski definition) is 2. The monoisotopic (exact) mass is 269 g/mol. The van der Waals surface area contributed by atoms with Crippen LogP contribution in [-0.4, -0.2) is 35.0 Å². The van der Waals surface area contributed by atoms with Gasteiger partial charge in [0.25, 0.3) is 5.91 Å². The van der Waals surface area contributed by atoms with E-state index in [9.17, 15) is 9.59 Å². The van der Waals surface area contributed by atoms with Crippen LogP contribution in [0.1, 0.15) is 24.2 Å². The Balaban J connectivity index is 2.90. The normalized spacial score (nSPS) is 10.4. The van der Waals surface area contributed by atoms with Crippen LogP contribution in [0.3, 0.4) is 0 Å². The highest BCUT2D eigenvalue weighted by Crippen LogP contribution is 2.13. The molecule has 1 aromatic carbocycles. The van der Waals surface area contributed by atoms with Crippen molar-refractivity contribution in [2.45, 2.75) is 13.8 Å². The summed E-state index contributed by atoms with van der Waals surface area (Å²) in [6.07, 6.45) is 0. The van der Waals surface area contributed by atoms with Gasteiger partial charge in [0.05, 0.1) is 0 Å². The Morgan fingerprint density at radius 1 is 1.39 bits per heavy atom. The van der Waals surface area contributed by atoms with Crippen LogP contribution in [0.4, 0.5) is 0 Å². The van der Waals surface area contributed by atoms with Crippen LogP contribution in [0.5, 0.6) is 0 Å². The second kappa shape index (κ2) is 6.40. The molecule has 0 fully saturated rings. The molecule has 0 saturated carbocycles. The number of nitrogens with zero attached hydrogens (tertiary/aromatic N) is 1. The van der Waals surface area contributed by atoms with Crippen LogP contribution in [0.25, 0.3) is 0 Å². The summed E-state index contributed by atoms with van der Waals surface area (Å²) in [5, 5.41) is 9.29. The minimum Gasteiger partial charge on any atom is -0.480 e. The molecule has 1 N–H and O–H groups in total. The highest BCUT2D eigenvalue weighted by molar-refractivity contribution is 6.30. The molecule has 5 heteroatoms. The zero-order valence-corrected chi connectivity index (χ0v) is 11.1. The second-order valence-electron chi connectivity index (χ2n) is 4.48. The maximum atomic E-state index is 12.2. The van der Waals surface area contributed by atoms with Gasteiger partial charge >= 0.3 is 5.97 Å². The lowest BCUT2D eigenvalue weighted by Gasteiger charge is -2.22. The molecule has 0 aliphatic heterocycles. The number of carbonyl (C=O) groups is 2. The molecule has 1 rings (SSSR count). The molecule has 0 saturated heterocycles. The van der Waals surface area contributed by atoms with Gasteiger partial charge in [-0.3, -0.25) is 9.59 Å². The molecule has 0 aliphatic rings. The fourth-order valence-electron chi connectivity index (χ4n) is 1.63. The standard InChI is InChI=1S/C13H16ClNO3/c1-9(2)7-15(8-12(16)17)13(18)10-4-3-5-11(14)6-10/h3-6,9H,7-8H2,1-2H3,(H,16,17). The van der Waals surface area contributed by atoms with Gasteiger partial charge in [0.1, 0.15) is 6.54 Å². The van der Waals surface area contributed by atoms with Gasteiger partial charge in [0, 0.05) is 17.1 Å². The third kappa shape index (κ3) is 4.37. The number of benzene rings is 1. The topological polar surface area (TPSA) is 57.6 Å². The minimum atomic E-state index is -1.02. The van der Waals surface area contributed by atoms with Crippen LogP contribution in [-0.2, 0) is 4.79 Å². The second-order valence-corrected chi connectivity index (χ2v) is 4.92. The van der Waals surface area contributed by atoms with E-state index in [4.69, 9.17) is 16.7 Å². The van der Waals surface area contributed by atoms with Gasteiger partial charge in [-0.05, 0) is 24.1 Å². The summed E-state index contributed by atoms with van der Waals surface area (Å²) >= 11 is 5.82. The molecule has 18 heavy (non-hydrogen) atoms. The third-order valence-corrected chi connectivity index (χ3v) is 2.51. The molecule has 0 heterocycles. The average Bonchev–Trinajstić information content (AvgIpc) is 2.26. The lowest BCUT2D eigenvalue weighted by Crippen LogP contribution is -2.38. The average molecular weight is 270 g/mol. The Bertz CT molecular complexity index is 446. The highest BCUT2D eigenvalue weighted by Gasteiger charge is 2.19. The Hall–Kier alpha value is -1.55. The van der Waals surface area contributed by atoms with E-state index in [1.807, 2.05) is 13.8 Å². The van der Waals surface area contributed by atoms with Crippen molar-refractivity contribution in [1.29, 1.82) is 0 Å². The lowest BCUT2D eigenvalue weighted by atomic mass is 10.1. The van der Waals surface area contributed by atoms with Crippen molar-refractivity contribution >= 4 is 23.5 Å². The predicted octanol–water partition coefficient (Wildman–Crippen LogP) is 2.52. The number of aliphatic carboxylic acids is 1. The first kappa shape index (κ1) is 14.5. The van der Waals surface area contributed by atoms with Gasteiger partial charge in [-0.2, -0.15) is 0 Å². The van der Waals surface area contributed by atoms with E-state index in [2.05, 4.69) is 0 Å². The van der Waals surface area contributed by atoms with Crippen LogP contribution < -0.4 is 0 Å². The zero-order valence-electron chi connectivity index (χ0n) is 10.4. The molecular formula is C13H16ClNO3. The molecule has 0 unspecified atom stereocenters. The van der Waals surface area contributed by atoms with E-state index in [1.165, 1.54) is 4.90 Å². The summed E-state index contributed by atoms with van der Waals surface area (Å²) in [5.41, 5.74) is 0.407. The number of carbonyl (C=O) groups excluding carboxylic acids is 1. The van der Waals surface area contributed by atoms with Crippen molar-refractivity contribution in [2.75, 3.05) is 13.1 Å². The van der Waals surface area contributed by atoms with Crippen molar-refractivity contribution in [3.63, 3.8) is 0 Å². The van der Waals surface area contributed by atoms with Gasteiger partial charge in [0.2, 0.25) is 0 Å². The van der Waals surface area contributed by atoms with Crippen molar-refractivity contribution in [1.82, 2.24) is 4.90 Å². The molecule has 0 aliphatic carbocycles. The summed E-state index contributed by atoms with van der Waals surface area (Å²) in [4.78, 5) is 24.3. The molecule has 1 aromatic rings. The van der Waals surface area contributed by atoms with E-state index >= 15 is 0 Å². The summed E-state index contributed by atoms with van der Waals surface area (Å²) in [7, 11) is 0. The molecular weight excluding hydrogens is 254 g/mol.